The van der Waals surface area contributed by atoms with Crippen LogP contribution in [-0.2, 0) is 27.9 Å². The van der Waals surface area contributed by atoms with Gasteiger partial charge in [0.05, 0.1) is 18.4 Å². The van der Waals surface area contributed by atoms with Crippen molar-refractivity contribution >= 4 is 40.0 Å². The van der Waals surface area contributed by atoms with Gasteiger partial charge in [-0.25, -0.2) is 4.79 Å². The van der Waals surface area contributed by atoms with Crippen molar-refractivity contribution in [3.05, 3.63) is 64.3 Å². The van der Waals surface area contributed by atoms with Gasteiger partial charge in [-0.05, 0) is 48.9 Å². The third-order valence-electron chi connectivity index (χ3n) is 5.99. The molecule has 0 aliphatic rings. The van der Waals surface area contributed by atoms with Gasteiger partial charge in [0.15, 0.2) is 17.1 Å². The first-order valence-corrected chi connectivity index (χ1v) is 14.2. The van der Waals surface area contributed by atoms with Gasteiger partial charge in [-0.1, -0.05) is 57.7 Å². The smallest absolute Gasteiger partial charge is 0.341 e. The van der Waals surface area contributed by atoms with Crippen LogP contribution < -0.4 is 10.1 Å². The van der Waals surface area contributed by atoms with Crippen LogP contribution in [0.2, 0.25) is 0 Å². The molecule has 0 radical (unpaired) electrons. The summed E-state index contributed by atoms with van der Waals surface area (Å²) < 4.78 is 13.0. The van der Waals surface area contributed by atoms with Gasteiger partial charge >= 0.3 is 5.97 Å². The normalized spacial score (nSPS) is 12.2. The van der Waals surface area contributed by atoms with Crippen molar-refractivity contribution < 1.29 is 19.1 Å². The Balaban J connectivity index is 1.71. The van der Waals surface area contributed by atoms with E-state index in [-0.39, 0.29) is 23.2 Å². The maximum absolute atomic E-state index is 12.8. The van der Waals surface area contributed by atoms with Crippen molar-refractivity contribution in [3.63, 3.8) is 0 Å². The molecule has 0 saturated carbocycles. The lowest BCUT2D eigenvalue weighted by atomic mass is 9.87. The summed E-state index contributed by atoms with van der Waals surface area (Å²) in [6.07, 6.45) is 2.06. The van der Waals surface area contributed by atoms with Gasteiger partial charge in [0, 0.05) is 11.4 Å². The molecule has 1 unspecified atom stereocenters. The predicted octanol–water partition coefficient (Wildman–Crippen LogP) is 6.35. The van der Waals surface area contributed by atoms with Crippen molar-refractivity contribution in [2.45, 2.75) is 71.2 Å². The standard InChI is InChI=1S/C28H36N4O4S2/c1-9-15-32-24(17(3)36-20-13-11-19(12-14-20)28(5,6)7)30-31-27(32)37-16-22(33)29-25-23(26(34)35-8)21(10-2)18(4)38-25/h9,11-14,17H,1,10,15-16H2,2-8H3,(H,29,33). The number of nitrogens with zero attached hydrogens (tertiary/aromatic N) is 3. The van der Waals surface area contributed by atoms with Crippen molar-refractivity contribution in [1.82, 2.24) is 14.8 Å². The SMILES string of the molecule is C=CCn1c(SCC(=O)Nc2sc(C)c(CC)c2C(=O)OC)nnc1C(C)Oc1ccc(C(C)(C)C)cc1. The van der Waals surface area contributed by atoms with Crippen LogP contribution in [0.5, 0.6) is 5.75 Å². The second-order valence-corrected chi connectivity index (χ2v) is 12.0. The fraction of sp³-hybridized carbons (Fsp3) is 0.429. The number of esters is 1. The second kappa shape index (κ2) is 12.6. The van der Waals surface area contributed by atoms with E-state index in [4.69, 9.17) is 9.47 Å². The van der Waals surface area contributed by atoms with E-state index in [1.54, 1.807) is 6.08 Å². The number of ether oxygens (including phenoxy) is 2. The molecular weight excluding hydrogens is 520 g/mol. The lowest BCUT2D eigenvalue weighted by Crippen LogP contribution is -2.17. The highest BCUT2D eigenvalue weighted by molar-refractivity contribution is 7.99. The highest BCUT2D eigenvalue weighted by Crippen LogP contribution is 2.34. The number of hydrogen-bond acceptors (Lipinski definition) is 8. The van der Waals surface area contributed by atoms with E-state index in [0.29, 0.717) is 34.5 Å². The summed E-state index contributed by atoms with van der Waals surface area (Å²) in [5.41, 5.74) is 2.61. The van der Waals surface area contributed by atoms with Crippen LogP contribution in [0.1, 0.15) is 72.9 Å². The molecule has 0 bridgehead atoms. The third kappa shape index (κ3) is 6.85. The molecule has 1 aromatic carbocycles. The number of methoxy groups -OCH3 is 1. The average Bonchev–Trinajstić information content (AvgIpc) is 3.41. The Hall–Kier alpha value is -3.11. The first kappa shape index (κ1) is 29.4. The molecule has 10 heteroatoms. The van der Waals surface area contributed by atoms with E-state index in [0.717, 1.165) is 16.2 Å². The Morgan fingerprint density at radius 1 is 1.24 bits per heavy atom. The van der Waals surface area contributed by atoms with E-state index < -0.39 is 5.97 Å². The molecule has 204 valence electrons. The minimum absolute atomic E-state index is 0.0637. The second-order valence-electron chi connectivity index (χ2n) is 9.80. The maximum Gasteiger partial charge on any atom is 0.341 e. The summed E-state index contributed by atoms with van der Waals surface area (Å²) in [5.74, 6) is 0.777. The zero-order valence-electron chi connectivity index (χ0n) is 23.1. The molecule has 1 amide bonds. The number of anilines is 1. The average molecular weight is 557 g/mol. The lowest BCUT2D eigenvalue weighted by molar-refractivity contribution is -0.113. The molecule has 3 aromatic rings. The van der Waals surface area contributed by atoms with Crippen molar-refractivity contribution in [2.24, 2.45) is 0 Å². The fourth-order valence-electron chi connectivity index (χ4n) is 4.00. The molecular formula is C28H36N4O4S2. The van der Waals surface area contributed by atoms with Crippen LogP contribution in [0.3, 0.4) is 0 Å². The van der Waals surface area contributed by atoms with Crippen molar-refractivity contribution in [2.75, 3.05) is 18.2 Å². The Morgan fingerprint density at radius 3 is 2.50 bits per heavy atom. The molecule has 1 N–H and O–H groups in total. The Morgan fingerprint density at radius 2 is 1.92 bits per heavy atom. The van der Waals surface area contributed by atoms with E-state index in [1.807, 2.05) is 37.5 Å². The number of amides is 1. The predicted molar refractivity (Wildman–Crippen MR) is 154 cm³/mol. The van der Waals surface area contributed by atoms with Crippen molar-refractivity contribution in [3.8, 4) is 5.75 Å². The number of hydrogen-bond donors (Lipinski definition) is 1. The number of rotatable bonds is 11. The van der Waals surface area contributed by atoms with E-state index >= 15 is 0 Å². The highest BCUT2D eigenvalue weighted by Gasteiger charge is 2.24. The van der Waals surface area contributed by atoms with E-state index in [2.05, 4.69) is 55.0 Å². The van der Waals surface area contributed by atoms with Gasteiger partial charge < -0.3 is 14.8 Å². The van der Waals surface area contributed by atoms with Gasteiger partial charge in [0.1, 0.15) is 10.8 Å². The van der Waals surface area contributed by atoms with Crippen LogP contribution in [0.4, 0.5) is 5.00 Å². The van der Waals surface area contributed by atoms with Crippen LogP contribution >= 0.6 is 23.1 Å². The number of aromatic nitrogens is 3. The van der Waals surface area contributed by atoms with E-state index in [9.17, 15) is 9.59 Å². The van der Waals surface area contributed by atoms with Gasteiger partial charge in [0.2, 0.25) is 5.91 Å². The zero-order valence-corrected chi connectivity index (χ0v) is 24.7. The van der Waals surface area contributed by atoms with E-state index in [1.165, 1.54) is 35.8 Å². The summed E-state index contributed by atoms with van der Waals surface area (Å²) in [4.78, 5) is 26.2. The molecule has 3 rings (SSSR count). The van der Waals surface area contributed by atoms with Gasteiger partial charge in [-0.3, -0.25) is 9.36 Å². The quantitative estimate of drug-likeness (QED) is 0.167. The number of thiophene rings is 1. The summed E-state index contributed by atoms with van der Waals surface area (Å²) >= 11 is 2.64. The lowest BCUT2D eigenvalue weighted by Gasteiger charge is -2.20. The first-order chi connectivity index (χ1) is 18.0. The molecule has 2 aromatic heterocycles. The molecule has 0 aliphatic carbocycles. The molecule has 38 heavy (non-hydrogen) atoms. The third-order valence-corrected chi connectivity index (χ3v) is 8.02. The Kier molecular flexibility index (Phi) is 9.78. The van der Waals surface area contributed by atoms with Crippen LogP contribution in [0, 0.1) is 6.92 Å². The molecule has 8 nitrogen and oxygen atoms in total. The minimum Gasteiger partial charge on any atom is -0.483 e. The van der Waals surface area contributed by atoms with Gasteiger partial charge in [-0.2, -0.15) is 0 Å². The molecule has 2 heterocycles. The number of nitrogens with one attached hydrogen (secondary N) is 1. The number of thioether (sulfide) groups is 1. The topological polar surface area (TPSA) is 95.3 Å². The molecule has 0 fully saturated rings. The summed E-state index contributed by atoms with van der Waals surface area (Å²) in [6.45, 7) is 16.7. The molecule has 1 atom stereocenters. The Labute approximate surface area is 232 Å². The first-order valence-electron chi connectivity index (χ1n) is 12.4. The fourth-order valence-corrected chi connectivity index (χ4v) is 5.91. The largest absolute Gasteiger partial charge is 0.483 e. The van der Waals surface area contributed by atoms with Gasteiger partial charge in [0.25, 0.3) is 0 Å². The number of aryl methyl sites for hydroxylation is 1. The van der Waals surface area contributed by atoms with Crippen LogP contribution in [0.15, 0.2) is 42.1 Å². The zero-order chi connectivity index (χ0) is 28.0. The Bertz CT molecular complexity index is 1290. The monoisotopic (exact) mass is 556 g/mol. The van der Waals surface area contributed by atoms with Crippen LogP contribution in [-0.4, -0.2) is 39.5 Å². The number of carbonyl (C=O) groups excluding carboxylic acids is 2. The maximum atomic E-state index is 12.8. The number of allylic oxidation sites excluding steroid dienone is 1. The number of carbonyl (C=O) groups is 2. The summed E-state index contributed by atoms with van der Waals surface area (Å²) in [5, 5.41) is 12.6. The number of benzene rings is 1. The molecule has 0 saturated heterocycles. The van der Waals surface area contributed by atoms with Crippen LogP contribution in [0.25, 0.3) is 0 Å². The molecule has 0 spiro atoms. The molecule has 0 aliphatic heterocycles. The van der Waals surface area contributed by atoms with Gasteiger partial charge in [-0.15, -0.1) is 28.1 Å². The van der Waals surface area contributed by atoms with Crippen molar-refractivity contribution in [1.29, 1.82) is 0 Å². The minimum atomic E-state index is -0.452. The highest BCUT2D eigenvalue weighted by atomic mass is 32.2. The summed E-state index contributed by atoms with van der Waals surface area (Å²) in [6, 6.07) is 8.06. The summed E-state index contributed by atoms with van der Waals surface area (Å²) in [7, 11) is 1.34.